The van der Waals surface area contributed by atoms with Gasteiger partial charge in [0.15, 0.2) is 5.11 Å². The number of thiocarbonyl (C=S) groups is 1. The van der Waals surface area contributed by atoms with Crippen LogP contribution < -0.4 is 10.6 Å². The van der Waals surface area contributed by atoms with Gasteiger partial charge in [-0.2, -0.15) is 0 Å². The van der Waals surface area contributed by atoms with Crippen molar-refractivity contribution in [1.29, 1.82) is 0 Å². The Morgan fingerprint density at radius 3 is 2.55 bits per heavy atom. The molecule has 1 fully saturated rings. The van der Waals surface area contributed by atoms with Crippen LogP contribution >= 0.6 is 12.2 Å². The van der Waals surface area contributed by atoms with Crippen molar-refractivity contribution in [3.63, 3.8) is 0 Å². The Kier molecular flexibility index (Phi) is 7.20. The molecule has 1 aromatic carbocycles. The molecular weight excluding hydrogens is 499 g/mol. The van der Waals surface area contributed by atoms with E-state index in [2.05, 4.69) is 63.0 Å². The quantitative estimate of drug-likeness (QED) is 0.316. The summed E-state index contributed by atoms with van der Waals surface area (Å²) < 4.78 is 15.4. The average molecular weight is 529 g/mol. The van der Waals surface area contributed by atoms with Gasteiger partial charge in [0.25, 0.3) is 0 Å². The van der Waals surface area contributed by atoms with E-state index in [0.29, 0.717) is 17.3 Å². The van der Waals surface area contributed by atoms with Crippen LogP contribution in [0.1, 0.15) is 46.7 Å². The Morgan fingerprint density at radius 1 is 1.05 bits per heavy atom. The van der Waals surface area contributed by atoms with Gasteiger partial charge in [0, 0.05) is 42.4 Å². The number of halogens is 1. The maximum atomic E-state index is 13.2. The molecule has 0 unspecified atom stereocenters. The molecule has 7 nitrogen and oxygen atoms in total. The second-order valence-corrected chi connectivity index (χ2v) is 9.87. The maximum absolute atomic E-state index is 13.2. The number of hydrogen-bond donors (Lipinski definition) is 2. The minimum Gasteiger partial charge on any atom is -0.352 e. The second-order valence-electron chi connectivity index (χ2n) is 9.48. The van der Waals surface area contributed by atoms with Crippen LogP contribution in [0.15, 0.2) is 73.1 Å². The van der Waals surface area contributed by atoms with Crippen molar-refractivity contribution >= 4 is 28.9 Å². The molecule has 1 saturated heterocycles. The third-order valence-electron chi connectivity index (χ3n) is 6.82. The first kappa shape index (κ1) is 25.5. The lowest BCUT2D eigenvalue weighted by atomic mass is 9.96. The summed E-state index contributed by atoms with van der Waals surface area (Å²) in [6, 6.07) is 17.4. The molecule has 0 aliphatic carbocycles. The average Bonchev–Trinajstić information content (AvgIpc) is 3.39. The number of hydrogen-bond acceptors (Lipinski definition) is 4. The molecule has 0 spiro atoms. The van der Waals surface area contributed by atoms with Crippen molar-refractivity contribution < 1.29 is 9.18 Å². The number of aromatic nitrogens is 3. The highest BCUT2D eigenvalue weighted by Gasteiger charge is 2.41. The normalized spacial score (nSPS) is 16.9. The summed E-state index contributed by atoms with van der Waals surface area (Å²) in [6.45, 7) is 6.61. The highest BCUT2D eigenvalue weighted by molar-refractivity contribution is 7.80. The molecule has 1 aliphatic rings. The van der Waals surface area contributed by atoms with Crippen molar-refractivity contribution in [1.82, 2.24) is 24.8 Å². The lowest BCUT2D eigenvalue weighted by molar-refractivity contribution is -0.116. The summed E-state index contributed by atoms with van der Waals surface area (Å²) in [7, 11) is 0. The first-order valence-corrected chi connectivity index (χ1v) is 12.9. The molecule has 4 aromatic rings. The summed E-state index contributed by atoms with van der Waals surface area (Å²) >= 11 is 5.78. The third-order valence-corrected chi connectivity index (χ3v) is 7.18. The Hall–Kier alpha value is -4.11. The molecule has 2 atom stereocenters. The molecule has 38 heavy (non-hydrogen) atoms. The minimum absolute atomic E-state index is 0.172. The first-order chi connectivity index (χ1) is 18.3. The number of pyridine rings is 2. The largest absolute Gasteiger partial charge is 0.352 e. The summed E-state index contributed by atoms with van der Waals surface area (Å²) in [5.41, 5.74) is 5.76. The highest BCUT2D eigenvalue weighted by Crippen LogP contribution is 2.41. The van der Waals surface area contributed by atoms with Gasteiger partial charge in [-0.3, -0.25) is 9.78 Å². The zero-order valence-electron chi connectivity index (χ0n) is 21.5. The van der Waals surface area contributed by atoms with Crippen LogP contribution in [0.25, 0.3) is 5.82 Å². The smallest absolute Gasteiger partial charge is 0.226 e. The zero-order chi connectivity index (χ0) is 26.8. The second kappa shape index (κ2) is 10.7. The standard InChI is InChI=1S/C29H29FN6OS/c1-18-11-14-32-25(16-18)36-19(2)17-23(20(36)3)28-27(24-6-4-5-13-31-24)34-29(38)35(28)15-12-26(37)33-22-9-7-21(30)8-10-22/h4-11,13-14,16-17,27-28H,12,15H2,1-3H3,(H,33,37)(H,34,38)/t27-,28-/m0/s1. The van der Waals surface area contributed by atoms with Crippen LogP contribution in [-0.4, -0.2) is 37.0 Å². The number of aryl methyl sites for hydroxylation is 2. The fourth-order valence-corrected chi connectivity index (χ4v) is 5.38. The molecule has 3 aromatic heterocycles. The molecular formula is C29H29FN6OS. The number of amides is 1. The van der Waals surface area contributed by atoms with Crippen molar-refractivity contribution in [2.75, 3.05) is 11.9 Å². The van der Waals surface area contributed by atoms with E-state index in [4.69, 9.17) is 12.2 Å². The maximum Gasteiger partial charge on any atom is 0.226 e. The van der Waals surface area contributed by atoms with E-state index >= 15 is 0 Å². The SMILES string of the molecule is Cc1ccnc(-n2c(C)cc([C@H]3[C@H](c4ccccn4)NC(=S)N3CCC(=O)Nc3ccc(F)cc3)c2C)c1. The number of nitrogens with one attached hydrogen (secondary N) is 2. The summed E-state index contributed by atoms with van der Waals surface area (Å²) in [4.78, 5) is 24.1. The van der Waals surface area contributed by atoms with Crippen LogP contribution in [0.3, 0.4) is 0 Å². The Balaban J connectivity index is 1.46. The molecule has 0 saturated carbocycles. The number of carbonyl (C=O) groups is 1. The van der Waals surface area contributed by atoms with Gasteiger partial charge in [-0.15, -0.1) is 0 Å². The predicted molar refractivity (Wildman–Crippen MR) is 150 cm³/mol. The van der Waals surface area contributed by atoms with Crippen molar-refractivity contribution in [3.05, 3.63) is 107 Å². The Labute approximate surface area is 226 Å². The number of carbonyl (C=O) groups excluding carboxylic acids is 1. The van der Waals surface area contributed by atoms with Crippen LogP contribution in [0, 0.1) is 26.6 Å². The van der Waals surface area contributed by atoms with Crippen molar-refractivity contribution in [2.24, 2.45) is 0 Å². The van der Waals surface area contributed by atoms with E-state index in [0.717, 1.165) is 34.0 Å². The van der Waals surface area contributed by atoms with Gasteiger partial charge in [-0.05, 0) is 98.7 Å². The fraction of sp³-hybridized carbons (Fsp3) is 0.241. The van der Waals surface area contributed by atoms with E-state index in [1.807, 2.05) is 30.5 Å². The van der Waals surface area contributed by atoms with E-state index in [-0.39, 0.29) is 30.2 Å². The molecule has 0 radical (unpaired) electrons. The van der Waals surface area contributed by atoms with Crippen LogP contribution in [0.4, 0.5) is 10.1 Å². The van der Waals surface area contributed by atoms with Gasteiger partial charge in [0.05, 0.1) is 17.8 Å². The summed E-state index contributed by atoms with van der Waals surface area (Å²) in [6.07, 6.45) is 3.80. The van der Waals surface area contributed by atoms with Crippen LogP contribution in [-0.2, 0) is 4.79 Å². The molecule has 0 bridgehead atoms. The number of rotatable bonds is 7. The molecule has 1 aliphatic heterocycles. The third kappa shape index (κ3) is 5.15. The first-order valence-electron chi connectivity index (χ1n) is 12.5. The molecule has 1 amide bonds. The topological polar surface area (TPSA) is 75.1 Å². The van der Waals surface area contributed by atoms with Gasteiger partial charge in [-0.25, -0.2) is 9.37 Å². The lowest BCUT2D eigenvalue weighted by Gasteiger charge is -2.28. The van der Waals surface area contributed by atoms with Crippen LogP contribution in [0.5, 0.6) is 0 Å². The summed E-state index contributed by atoms with van der Waals surface area (Å²) in [5, 5.41) is 6.85. The number of benzene rings is 1. The Bertz CT molecular complexity index is 1470. The highest BCUT2D eigenvalue weighted by atomic mass is 32.1. The predicted octanol–water partition coefficient (Wildman–Crippen LogP) is 5.33. The molecule has 4 heterocycles. The van der Waals surface area contributed by atoms with Gasteiger partial charge in [0.1, 0.15) is 11.6 Å². The van der Waals surface area contributed by atoms with E-state index < -0.39 is 0 Å². The van der Waals surface area contributed by atoms with Gasteiger partial charge in [0.2, 0.25) is 5.91 Å². The molecule has 2 N–H and O–H groups in total. The minimum atomic E-state index is -0.349. The van der Waals surface area contributed by atoms with Crippen molar-refractivity contribution in [2.45, 2.75) is 39.3 Å². The molecule has 194 valence electrons. The number of anilines is 1. The fourth-order valence-electron chi connectivity index (χ4n) is 5.05. The van der Waals surface area contributed by atoms with Gasteiger partial charge >= 0.3 is 0 Å². The van der Waals surface area contributed by atoms with E-state index in [9.17, 15) is 9.18 Å². The Morgan fingerprint density at radius 2 is 1.84 bits per heavy atom. The number of nitrogens with zero attached hydrogens (tertiary/aromatic N) is 4. The molecule has 5 rings (SSSR count). The zero-order valence-corrected chi connectivity index (χ0v) is 22.3. The van der Waals surface area contributed by atoms with Crippen molar-refractivity contribution in [3.8, 4) is 5.82 Å². The molecule has 9 heteroatoms. The van der Waals surface area contributed by atoms with Gasteiger partial charge in [-0.1, -0.05) is 6.07 Å². The monoisotopic (exact) mass is 528 g/mol. The summed E-state index contributed by atoms with van der Waals surface area (Å²) in [5.74, 6) is 0.339. The van der Waals surface area contributed by atoms with Crippen LogP contribution in [0.2, 0.25) is 0 Å². The lowest BCUT2D eigenvalue weighted by Crippen LogP contribution is -2.32. The van der Waals surface area contributed by atoms with Gasteiger partial charge < -0.3 is 20.1 Å². The van der Waals surface area contributed by atoms with E-state index in [1.54, 1.807) is 18.3 Å². The van der Waals surface area contributed by atoms with E-state index in [1.165, 1.54) is 12.1 Å².